The van der Waals surface area contributed by atoms with Gasteiger partial charge in [-0.1, -0.05) is 49.7 Å². The molecule has 0 aliphatic heterocycles. The van der Waals surface area contributed by atoms with Crippen molar-refractivity contribution >= 4 is 27.3 Å². The van der Waals surface area contributed by atoms with Crippen molar-refractivity contribution in [3.63, 3.8) is 0 Å². The summed E-state index contributed by atoms with van der Waals surface area (Å²) in [5, 5.41) is 2.83. The molecule has 0 fully saturated rings. The van der Waals surface area contributed by atoms with Gasteiger partial charge in [0.25, 0.3) is 10.0 Å². The van der Waals surface area contributed by atoms with Crippen LogP contribution < -0.4 is 9.62 Å². The van der Waals surface area contributed by atoms with Crippen molar-refractivity contribution in [3.05, 3.63) is 89.0 Å². The number of carbonyl (C=O) groups is 1. The van der Waals surface area contributed by atoms with Crippen LogP contribution in [0.1, 0.15) is 42.0 Å². The molecule has 0 atom stereocenters. The van der Waals surface area contributed by atoms with Crippen LogP contribution >= 0.6 is 0 Å². The van der Waals surface area contributed by atoms with Gasteiger partial charge in [0.1, 0.15) is 6.54 Å². The maximum absolute atomic E-state index is 13.5. The van der Waals surface area contributed by atoms with Gasteiger partial charge in [-0.05, 0) is 79.8 Å². The first-order chi connectivity index (χ1) is 15.1. The number of hydrogen-bond donors (Lipinski definition) is 1. The fourth-order valence-corrected chi connectivity index (χ4v) is 4.75. The number of amides is 1. The lowest BCUT2D eigenvalue weighted by atomic mass is 10.0. The van der Waals surface area contributed by atoms with Gasteiger partial charge in [-0.3, -0.25) is 9.10 Å². The van der Waals surface area contributed by atoms with Gasteiger partial charge in [-0.2, -0.15) is 0 Å². The molecule has 0 saturated carbocycles. The van der Waals surface area contributed by atoms with Gasteiger partial charge in [0, 0.05) is 5.69 Å². The summed E-state index contributed by atoms with van der Waals surface area (Å²) in [7, 11) is -3.93. The topological polar surface area (TPSA) is 66.5 Å². The molecule has 0 spiro atoms. The molecule has 0 unspecified atom stereocenters. The van der Waals surface area contributed by atoms with E-state index in [1.54, 1.807) is 36.4 Å². The number of aryl methyl sites for hydroxylation is 3. The molecule has 3 aromatic carbocycles. The fourth-order valence-electron chi connectivity index (χ4n) is 3.33. The smallest absolute Gasteiger partial charge is 0.264 e. The van der Waals surface area contributed by atoms with Crippen molar-refractivity contribution in [2.24, 2.45) is 0 Å². The molecular formula is C26H30N2O3S. The summed E-state index contributed by atoms with van der Waals surface area (Å²) in [5.41, 5.74) is 5.32. The monoisotopic (exact) mass is 450 g/mol. The molecule has 1 N–H and O–H groups in total. The van der Waals surface area contributed by atoms with Crippen molar-refractivity contribution in [2.75, 3.05) is 16.2 Å². The van der Waals surface area contributed by atoms with Crippen molar-refractivity contribution in [1.82, 2.24) is 0 Å². The van der Waals surface area contributed by atoms with Crippen LogP contribution in [0.15, 0.2) is 71.6 Å². The van der Waals surface area contributed by atoms with E-state index in [1.165, 1.54) is 0 Å². The van der Waals surface area contributed by atoms with Gasteiger partial charge in [0.2, 0.25) is 5.91 Å². The number of anilines is 2. The van der Waals surface area contributed by atoms with Crippen LogP contribution in [0.3, 0.4) is 0 Å². The molecule has 0 aromatic heterocycles. The SMILES string of the molecule is Cc1ccc(S(=O)(=O)N(CC(=O)Nc2ccc(C)c(C)c2)c2ccc(C(C)C)cc2)cc1. The van der Waals surface area contributed by atoms with Gasteiger partial charge in [-0.25, -0.2) is 8.42 Å². The minimum absolute atomic E-state index is 0.148. The molecule has 32 heavy (non-hydrogen) atoms. The van der Waals surface area contributed by atoms with Crippen LogP contribution in [-0.2, 0) is 14.8 Å². The maximum Gasteiger partial charge on any atom is 0.264 e. The molecule has 168 valence electrons. The molecule has 0 saturated heterocycles. The molecule has 3 aromatic rings. The number of nitrogens with one attached hydrogen (secondary N) is 1. The third-order valence-corrected chi connectivity index (χ3v) is 7.32. The summed E-state index contributed by atoms with van der Waals surface area (Å²) < 4.78 is 28.2. The third kappa shape index (κ3) is 5.37. The largest absolute Gasteiger partial charge is 0.325 e. The van der Waals surface area contributed by atoms with E-state index in [-0.39, 0.29) is 11.4 Å². The lowest BCUT2D eigenvalue weighted by Gasteiger charge is -2.24. The Bertz CT molecular complexity index is 1200. The number of hydrogen-bond acceptors (Lipinski definition) is 3. The summed E-state index contributed by atoms with van der Waals surface area (Å²) in [6.45, 7) is 9.69. The normalized spacial score (nSPS) is 11.4. The molecule has 0 bridgehead atoms. The number of sulfonamides is 1. The van der Waals surface area contributed by atoms with E-state index in [0.29, 0.717) is 17.3 Å². The highest BCUT2D eigenvalue weighted by Crippen LogP contribution is 2.26. The first-order valence-corrected chi connectivity index (χ1v) is 12.1. The van der Waals surface area contributed by atoms with E-state index in [4.69, 9.17) is 0 Å². The van der Waals surface area contributed by atoms with Gasteiger partial charge in [0.05, 0.1) is 10.6 Å². The van der Waals surface area contributed by atoms with Crippen LogP contribution in [0.25, 0.3) is 0 Å². The molecule has 0 aliphatic carbocycles. The Balaban J connectivity index is 1.94. The predicted molar refractivity (Wildman–Crippen MR) is 131 cm³/mol. The number of carbonyl (C=O) groups excluding carboxylic acids is 1. The van der Waals surface area contributed by atoms with Crippen LogP contribution in [0.4, 0.5) is 11.4 Å². The quantitative estimate of drug-likeness (QED) is 0.512. The summed E-state index contributed by atoms with van der Waals surface area (Å²) in [5.74, 6) is -0.0869. The Morgan fingerprint density at radius 3 is 2.06 bits per heavy atom. The highest BCUT2D eigenvalue weighted by atomic mass is 32.2. The second kappa shape index (κ2) is 9.57. The lowest BCUT2D eigenvalue weighted by Crippen LogP contribution is -2.38. The van der Waals surface area contributed by atoms with E-state index in [2.05, 4.69) is 19.2 Å². The van der Waals surface area contributed by atoms with Crippen molar-refractivity contribution in [1.29, 1.82) is 0 Å². The maximum atomic E-state index is 13.5. The molecular weight excluding hydrogens is 420 g/mol. The highest BCUT2D eigenvalue weighted by molar-refractivity contribution is 7.92. The minimum Gasteiger partial charge on any atom is -0.325 e. The second-order valence-corrected chi connectivity index (χ2v) is 10.3. The zero-order valence-corrected chi connectivity index (χ0v) is 20.0. The Kier molecular flexibility index (Phi) is 7.04. The minimum atomic E-state index is -3.93. The van der Waals surface area contributed by atoms with Crippen LogP contribution in [0.2, 0.25) is 0 Å². The number of benzene rings is 3. The highest BCUT2D eigenvalue weighted by Gasteiger charge is 2.27. The molecule has 5 nitrogen and oxygen atoms in total. The standard InChI is InChI=1S/C26H30N2O3S/c1-18(2)22-9-12-24(13-10-22)28(32(30,31)25-14-6-19(3)7-15-25)17-26(29)27-23-11-8-20(4)21(5)16-23/h6-16,18H,17H2,1-5H3,(H,27,29). The summed E-state index contributed by atoms with van der Waals surface area (Å²) in [6.07, 6.45) is 0. The average molecular weight is 451 g/mol. The molecule has 0 heterocycles. The van der Waals surface area contributed by atoms with Gasteiger partial charge in [-0.15, -0.1) is 0 Å². The van der Waals surface area contributed by atoms with Crippen molar-refractivity contribution in [2.45, 2.75) is 45.4 Å². The second-order valence-electron chi connectivity index (χ2n) is 8.42. The van der Waals surface area contributed by atoms with E-state index in [1.807, 2.05) is 51.1 Å². The number of nitrogens with zero attached hydrogens (tertiary/aromatic N) is 1. The first kappa shape index (κ1) is 23.5. The zero-order valence-electron chi connectivity index (χ0n) is 19.2. The molecule has 0 radical (unpaired) electrons. The summed E-state index contributed by atoms with van der Waals surface area (Å²) >= 11 is 0. The van der Waals surface area contributed by atoms with E-state index < -0.39 is 15.9 Å². The van der Waals surface area contributed by atoms with Gasteiger partial charge >= 0.3 is 0 Å². The predicted octanol–water partition coefficient (Wildman–Crippen LogP) is 5.57. The van der Waals surface area contributed by atoms with Crippen LogP contribution in [0, 0.1) is 20.8 Å². The Hall–Kier alpha value is -3.12. The van der Waals surface area contributed by atoms with Crippen molar-refractivity contribution < 1.29 is 13.2 Å². The Morgan fingerprint density at radius 2 is 1.50 bits per heavy atom. The average Bonchev–Trinajstić information content (AvgIpc) is 2.75. The van der Waals surface area contributed by atoms with E-state index in [9.17, 15) is 13.2 Å². The van der Waals surface area contributed by atoms with Crippen molar-refractivity contribution in [3.8, 4) is 0 Å². The molecule has 1 amide bonds. The summed E-state index contributed by atoms with van der Waals surface area (Å²) in [6, 6.07) is 19.6. The van der Waals surface area contributed by atoms with Gasteiger partial charge in [0.15, 0.2) is 0 Å². The molecule has 3 rings (SSSR count). The van der Waals surface area contributed by atoms with Crippen LogP contribution in [-0.4, -0.2) is 20.9 Å². The molecule has 6 heteroatoms. The zero-order chi connectivity index (χ0) is 23.5. The van der Waals surface area contributed by atoms with Crippen LogP contribution in [0.5, 0.6) is 0 Å². The van der Waals surface area contributed by atoms with Gasteiger partial charge < -0.3 is 5.32 Å². The summed E-state index contributed by atoms with van der Waals surface area (Å²) in [4.78, 5) is 13.0. The Morgan fingerprint density at radius 1 is 0.875 bits per heavy atom. The first-order valence-electron chi connectivity index (χ1n) is 10.6. The third-order valence-electron chi connectivity index (χ3n) is 5.53. The molecule has 0 aliphatic rings. The fraction of sp³-hybridized carbons (Fsp3) is 0.269. The Labute approximate surface area is 191 Å². The lowest BCUT2D eigenvalue weighted by molar-refractivity contribution is -0.114. The van der Waals surface area contributed by atoms with E-state index in [0.717, 1.165) is 26.6 Å². The van der Waals surface area contributed by atoms with E-state index >= 15 is 0 Å². The number of rotatable bonds is 7.